The SMILES string of the molecule is CC(=O)C(C)(C)Oc1ccc(C2CCC3(CC2)OOC2(OO3)C3CCC4CC(C3)CC2C4)cc1. The van der Waals surface area contributed by atoms with E-state index in [2.05, 4.69) is 12.1 Å². The molecule has 0 aromatic heterocycles. The summed E-state index contributed by atoms with van der Waals surface area (Å²) in [5.74, 6) is 2.07. The smallest absolute Gasteiger partial charge is 0.239 e. The van der Waals surface area contributed by atoms with Gasteiger partial charge in [-0.05, 0) is 108 Å². The standard InChI is InChI=1S/C28H38O6/c1-18(29)26(2,3)30-25-8-5-21(6-9-25)22-10-12-27(13-11-22)31-33-28(34-32-27)23-7-4-19-14-20(16-23)17-24(28)15-19/h5-6,8-9,19-20,22-24H,4,7,10-17H2,1-3H3. The van der Waals surface area contributed by atoms with E-state index in [1.165, 1.54) is 37.7 Å². The molecule has 186 valence electrons. The topological polar surface area (TPSA) is 63.2 Å². The fourth-order valence-electron chi connectivity index (χ4n) is 7.29. The molecule has 34 heavy (non-hydrogen) atoms. The van der Waals surface area contributed by atoms with Crippen molar-refractivity contribution in [3.63, 3.8) is 0 Å². The predicted octanol–water partition coefficient (Wildman–Crippen LogP) is 6.24. The van der Waals surface area contributed by atoms with Crippen LogP contribution in [0.4, 0.5) is 0 Å². The van der Waals surface area contributed by atoms with Gasteiger partial charge in [0.1, 0.15) is 5.75 Å². The van der Waals surface area contributed by atoms with E-state index < -0.39 is 17.2 Å². The highest BCUT2D eigenvalue weighted by Crippen LogP contribution is 2.60. The molecule has 6 nitrogen and oxygen atoms in total. The van der Waals surface area contributed by atoms with Crippen molar-refractivity contribution >= 4 is 5.78 Å². The lowest BCUT2D eigenvalue weighted by Crippen LogP contribution is -2.61. The first-order chi connectivity index (χ1) is 16.3. The maximum absolute atomic E-state index is 11.8. The highest BCUT2D eigenvalue weighted by molar-refractivity contribution is 5.84. The molecule has 1 aliphatic heterocycles. The second-order valence-electron chi connectivity index (χ2n) is 12.1. The first-order valence-electron chi connectivity index (χ1n) is 13.3. The van der Waals surface area contributed by atoms with Crippen molar-refractivity contribution in [2.45, 2.75) is 108 Å². The first kappa shape index (κ1) is 23.0. The van der Waals surface area contributed by atoms with Crippen LogP contribution in [-0.4, -0.2) is 23.0 Å². The van der Waals surface area contributed by atoms with Crippen LogP contribution in [0.3, 0.4) is 0 Å². The Morgan fingerprint density at radius 1 is 0.853 bits per heavy atom. The summed E-state index contributed by atoms with van der Waals surface area (Å²) >= 11 is 0. The molecule has 1 aromatic rings. The van der Waals surface area contributed by atoms with Gasteiger partial charge in [0.25, 0.3) is 0 Å². The second-order valence-corrected chi connectivity index (χ2v) is 12.1. The van der Waals surface area contributed by atoms with Gasteiger partial charge in [-0.2, -0.15) is 19.6 Å². The highest BCUT2D eigenvalue weighted by Gasteiger charge is 2.62. The van der Waals surface area contributed by atoms with Gasteiger partial charge in [-0.1, -0.05) is 12.1 Å². The van der Waals surface area contributed by atoms with Crippen LogP contribution in [0, 0.1) is 23.7 Å². The van der Waals surface area contributed by atoms with Crippen LogP contribution < -0.4 is 4.74 Å². The number of hydrogen-bond acceptors (Lipinski definition) is 6. The minimum absolute atomic E-state index is 0.0112. The van der Waals surface area contributed by atoms with Gasteiger partial charge < -0.3 is 4.74 Å². The lowest BCUT2D eigenvalue weighted by Gasteiger charge is -2.54. The highest BCUT2D eigenvalue weighted by atomic mass is 17.4. The van der Waals surface area contributed by atoms with Crippen LogP contribution in [0.2, 0.25) is 0 Å². The Bertz CT molecular complexity index is 895. The second kappa shape index (κ2) is 8.29. The van der Waals surface area contributed by atoms with Gasteiger partial charge in [0.05, 0.1) is 0 Å². The maximum atomic E-state index is 11.8. The van der Waals surface area contributed by atoms with Gasteiger partial charge in [-0.15, -0.1) is 0 Å². The van der Waals surface area contributed by atoms with Gasteiger partial charge in [-0.25, -0.2) is 0 Å². The van der Waals surface area contributed by atoms with Gasteiger partial charge in [-0.3, -0.25) is 4.79 Å². The molecule has 6 aliphatic rings. The van der Waals surface area contributed by atoms with E-state index in [0.717, 1.165) is 43.9 Å². The molecule has 4 unspecified atom stereocenters. The summed E-state index contributed by atoms with van der Waals surface area (Å²) in [7, 11) is 0. The van der Waals surface area contributed by atoms with E-state index in [1.54, 1.807) is 20.8 Å². The minimum atomic E-state index is -0.817. The quantitative estimate of drug-likeness (QED) is 0.486. The fraction of sp³-hybridized carbons (Fsp3) is 0.750. The lowest BCUT2D eigenvalue weighted by atomic mass is 9.64. The van der Waals surface area contributed by atoms with Crippen molar-refractivity contribution in [1.29, 1.82) is 0 Å². The van der Waals surface area contributed by atoms with Gasteiger partial charge in [0, 0.05) is 24.7 Å². The van der Waals surface area contributed by atoms with Crippen LogP contribution in [-0.2, 0) is 24.3 Å². The zero-order chi connectivity index (χ0) is 23.6. The Hall–Kier alpha value is -1.47. The lowest BCUT2D eigenvalue weighted by molar-refractivity contribution is -0.677. The summed E-state index contributed by atoms with van der Waals surface area (Å²) in [6.07, 6.45) is 10.7. The molecule has 0 N–H and O–H groups in total. The summed E-state index contributed by atoms with van der Waals surface area (Å²) in [5, 5.41) is 0. The van der Waals surface area contributed by atoms with Crippen molar-refractivity contribution in [3.8, 4) is 5.75 Å². The monoisotopic (exact) mass is 470 g/mol. The van der Waals surface area contributed by atoms with Crippen molar-refractivity contribution in [2.75, 3.05) is 0 Å². The number of carbonyl (C=O) groups excluding carboxylic acids is 1. The number of benzene rings is 1. The Balaban J connectivity index is 1.07. The number of rotatable bonds is 4. The van der Waals surface area contributed by atoms with Crippen molar-refractivity contribution in [1.82, 2.24) is 0 Å². The Morgan fingerprint density at radius 3 is 2.18 bits per heavy atom. The zero-order valence-electron chi connectivity index (χ0n) is 20.7. The van der Waals surface area contributed by atoms with Gasteiger partial charge in [0.15, 0.2) is 11.4 Å². The molecule has 5 saturated carbocycles. The summed E-state index contributed by atoms with van der Waals surface area (Å²) in [4.78, 5) is 36.5. The van der Waals surface area contributed by atoms with E-state index in [-0.39, 0.29) is 5.78 Å². The van der Waals surface area contributed by atoms with E-state index in [1.807, 2.05) is 12.1 Å². The summed E-state index contributed by atoms with van der Waals surface area (Å²) in [5.41, 5.74) is 0.455. The van der Waals surface area contributed by atoms with E-state index in [0.29, 0.717) is 23.5 Å². The third kappa shape index (κ3) is 3.91. The van der Waals surface area contributed by atoms with Crippen LogP contribution in [0.15, 0.2) is 24.3 Å². The molecule has 6 heteroatoms. The van der Waals surface area contributed by atoms with Gasteiger partial charge in [0.2, 0.25) is 11.6 Å². The molecule has 2 spiro atoms. The van der Waals surface area contributed by atoms with Crippen LogP contribution in [0.1, 0.15) is 96.5 Å². The molecule has 1 heterocycles. The van der Waals surface area contributed by atoms with Crippen molar-refractivity contribution < 1.29 is 29.1 Å². The number of fused-ring (bicyclic) bond motifs is 1. The van der Waals surface area contributed by atoms with Gasteiger partial charge >= 0.3 is 0 Å². The Kier molecular flexibility index (Phi) is 5.60. The van der Waals surface area contributed by atoms with E-state index in [9.17, 15) is 4.79 Å². The average molecular weight is 471 g/mol. The average Bonchev–Trinajstić information content (AvgIpc) is 3.03. The summed E-state index contributed by atoms with van der Waals surface area (Å²) in [6.45, 7) is 5.15. The van der Waals surface area contributed by atoms with Crippen molar-refractivity contribution in [2.24, 2.45) is 23.7 Å². The first-order valence-corrected chi connectivity index (χ1v) is 13.3. The Labute approximate surface area is 202 Å². The number of hydrogen-bond donors (Lipinski definition) is 0. The van der Waals surface area contributed by atoms with E-state index in [4.69, 9.17) is 24.3 Å². The fourth-order valence-corrected chi connectivity index (χ4v) is 7.29. The molecule has 1 saturated heterocycles. The molecule has 0 radical (unpaired) electrons. The summed E-state index contributed by atoms with van der Waals surface area (Å²) in [6, 6.07) is 8.14. The number of carbonyl (C=O) groups is 1. The molecular weight excluding hydrogens is 432 g/mol. The molecule has 1 aromatic carbocycles. The predicted molar refractivity (Wildman–Crippen MR) is 125 cm³/mol. The molecule has 4 atom stereocenters. The van der Waals surface area contributed by atoms with Crippen LogP contribution >= 0.6 is 0 Å². The zero-order valence-corrected chi connectivity index (χ0v) is 20.7. The molecule has 0 amide bonds. The van der Waals surface area contributed by atoms with Crippen LogP contribution in [0.25, 0.3) is 0 Å². The molecule has 4 bridgehead atoms. The molecule has 7 rings (SSSR count). The summed E-state index contributed by atoms with van der Waals surface area (Å²) < 4.78 is 5.88. The van der Waals surface area contributed by atoms with Crippen LogP contribution in [0.5, 0.6) is 5.75 Å². The maximum Gasteiger partial charge on any atom is 0.239 e. The minimum Gasteiger partial charge on any atom is -0.480 e. The molecule has 6 fully saturated rings. The molecule has 5 aliphatic carbocycles. The number of ketones is 1. The Morgan fingerprint density at radius 2 is 1.50 bits per heavy atom. The largest absolute Gasteiger partial charge is 0.480 e. The third-order valence-electron chi connectivity index (χ3n) is 9.55. The molecular formula is C28H38O6. The third-order valence-corrected chi connectivity index (χ3v) is 9.55. The van der Waals surface area contributed by atoms with Crippen molar-refractivity contribution in [3.05, 3.63) is 29.8 Å². The number of ether oxygens (including phenoxy) is 1. The number of Topliss-reactive ketones (excluding diaryl/α,β-unsaturated/α-hetero) is 1. The van der Waals surface area contributed by atoms with E-state index >= 15 is 0 Å². The normalized spacial score (nSPS) is 41.6.